The van der Waals surface area contributed by atoms with Gasteiger partial charge in [0.25, 0.3) is 0 Å². The van der Waals surface area contributed by atoms with Gasteiger partial charge in [-0.1, -0.05) is 18.2 Å². The molecule has 6 aromatic heterocycles. The first kappa shape index (κ1) is 25.9. The lowest BCUT2D eigenvalue weighted by atomic mass is 10.2. The lowest BCUT2D eigenvalue weighted by Gasteiger charge is -2.11. The summed E-state index contributed by atoms with van der Waals surface area (Å²) in [5, 5.41) is 2.99. The second-order valence-corrected chi connectivity index (χ2v) is 11.7. The summed E-state index contributed by atoms with van der Waals surface area (Å²) in [5.74, 6) is -1.27. The van der Waals surface area contributed by atoms with E-state index in [1.807, 2.05) is 59.4 Å². The van der Waals surface area contributed by atoms with Crippen molar-refractivity contribution in [2.75, 3.05) is 0 Å². The molecule has 6 heterocycles. The van der Waals surface area contributed by atoms with Crippen molar-refractivity contribution >= 4 is 65.8 Å². The van der Waals surface area contributed by atoms with Crippen LogP contribution in [0, 0.1) is 11.6 Å². The van der Waals surface area contributed by atoms with Crippen molar-refractivity contribution in [2.24, 2.45) is 0 Å². The van der Waals surface area contributed by atoms with Gasteiger partial charge in [-0.2, -0.15) is 0 Å². The van der Waals surface area contributed by atoms with Gasteiger partial charge in [-0.25, -0.2) is 8.78 Å². The van der Waals surface area contributed by atoms with Crippen LogP contribution in [-0.4, -0.2) is 28.7 Å². The van der Waals surface area contributed by atoms with E-state index in [-0.39, 0.29) is 0 Å². The van der Waals surface area contributed by atoms with Crippen LogP contribution in [0.1, 0.15) is 0 Å². The fraction of sp³-hybridized carbons (Fsp3) is 0. The Kier molecular flexibility index (Phi) is 5.25. The molecular formula is C39H22F2N6. The molecule has 0 saturated heterocycles. The van der Waals surface area contributed by atoms with Gasteiger partial charge in [0.1, 0.15) is 11.6 Å². The average Bonchev–Trinajstić information content (AvgIpc) is 3.73. The van der Waals surface area contributed by atoms with Crippen LogP contribution in [0.15, 0.2) is 134 Å². The molecule has 0 spiro atoms. The van der Waals surface area contributed by atoms with Gasteiger partial charge < -0.3 is 13.7 Å². The summed E-state index contributed by atoms with van der Waals surface area (Å²) in [6.45, 7) is 0. The first-order valence-corrected chi connectivity index (χ1v) is 15.2. The number of pyridine rings is 3. The molecule has 8 heteroatoms. The minimum atomic E-state index is -0.634. The van der Waals surface area contributed by atoms with Crippen LogP contribution in [0.4, 0.5) is 8.78 Å². The van der Waals surface area contributed by atoms with Crippen LogP contribution in [-0.2, 0) is 0 Å². The fourth-order valence-corrected chi connectivity index (χ4v) is 7.21. The molecule has 0 atom stereocenters. The summed E-state index contributed by atoms with van der Waals surface area (Å²) >= 11 is 0. The number of hydrogen-bond donors (Lipinski definition) is 0. The SMILES string of the molecule is Fc1cc(F)cc(-n2c3ccc(-n4c5ccc(-n6c7ccccc7c7ncccc76)cc5c5ncccc54)cc3c3ncccc32)c1. The molecule has 10 rings (SSSR count). The lowest BCUT2D eigenvalue weighted by molar-refractivity contribution is 0.582. The lowest BCUT2D eigenvalue weighted by Crippen LogP contribution is -1.97. The minimum absolute atomic E-state index is 0.400. The Labute approximate surface area is 265 Å². The van der Waals surface area contributed by atoms with Gasteiger partial charge >= 0.3 is 0 Å². The molecule has 0 radical (unpaired) electrons. The predicted molar refractivity (Wildman–Crippen MR) is 183 cm³/mol. The summed E-state index contributed by atoms with van der Waals surface area (Å²) in [7, 11) is 0. The first-order chi connectivity index (χ1) is 23.1. The Morgan fingerprint density at radius 3 is 1.32 bits per heavy atom. The molecule has 0 saturated carbocycles. The molecule has 0 bridgehead atoms. The summed E-state index contributed by atoms with van der Waals surface area (Å²) in [6, 6.07) is 36.3. The molecule has 4 aromatic carbocycles. The Bertz CT molecular complexity index is 2820. The van der Waals surface area contributed by atoms with Crippen LogP contribution >= 0.6 is 0 Å². The number of halogens is 2. The molecule has 0 fully saturated rings. The van der Waals surface area contributed by atoms with Crippen LogP contribution in [0.2, 0.25) is 0 Å². The van der Waals surface area contributed by atoms with Gasteiger partial charge in [-0.3, -0.25) is 15.0 Å². The molecular weight excluding hydrogens is 590 g/mol. The average molecular weight is 613 g/mol. The molecule has 0 aliphatic rings. The highest BCUT2D eigenvalue weighted by Gasteiger charge is 2.20. The number of rotatable bonds is 3. The van der Waals surface area contributed by atoms with E-state index in [0.29, 0.717) is 5.69 Å². The van der Waals surface area contributed by atoms with Crippen molar-refractivity contribution in [1.82, 2.24) is 28.7 Å². The van der Waals surface area contributed by atoms with Crippen LogP contribution < -0.4 is 0 Å². The van der Waals surface area contributed by atoms with Gasteiger partial charge in [0, 0.05) is 52.2 Å². The van der Waals surface area contributed by atoms with Crippen LogP contribution in [0.5, 0.6) is 0 Å². The van der Waals surface area contributed by atoms with Gasteiger partial charge in [0.05, 0.1) is 55.3 Å². The van der Waals surface area contributed by atoms with Gasteiger partial charge in [0.2, 0.25) is 0 Å². The van der Waals surface area contributed by atoms with E-state index in [9.17, 15) is 8.78 Å². The smallest absolute Gasteiger partial charge is 0.128 e. The van der Waals surface area contributed by atoms with Crippen LogP contribution in [0.25, 0.3) is 82.9 Å². The quantitative estimate of drug-likeness (QED) is 0.200. The third-order valence-electron chi connectivity index (χ3n) is 9.06. The minimum Gasteiger partial charge on any atom is -0.308 e. The van der Waals surface area contributed by atoms with E-state index in [1.54, 1.807) is 6.20 Å². The summed E-state index contributed by atoms with van der Waals surface area (Å²) < 4.78 is 35.0. The summed E-state index contributed by atoms with van der Waals surface area (Å²) in [6.07, 6.45) is 5.39. The van der Waals surface area contributed by atoms with Crippen molar-refractivity contribution < 1.29 is 8.78 Å². The Hall–Kier alpha value is -6.41. The predicted octanol–water partition coefficient (Wildman–Crippen LogP) is 9.44. The Morgan fingerprint density at radius 1 is 0.362 bits per heavy atom. The van der Waals surface area contributed by atoms with Gasteiger partial charge in [-0.05, 0) is 91.0 Å². The maximum atomic E-state index is 14.4. The molecule has 0 aliphatic heterocycles. The molecule has 0 aliphatic carbocycles. The van der Waals surface area contributed by atoms with E-state index in [2.05, 4.69) is 63.7 Å². The monoisotopic (exact) mass is 612 g/mol. The molecule has 0 unspecified atom stereocenters. The van der Waals surface area contributed by atoms with E-state index >= 15 is 0 Å². The topological polar surface area (TPSA) is 53.5 Å². The largest absolute Gasteiger partial charge is 0.308 e. The number of nitrogens with zero attached hydrogens (tertiary/aromatic N) is 6. The van der Waals surface area contributed by atoms with Crippen molar-refractivity contribution in [1.29, 1.82) is 0 Å². The fourth-order valence-electron chi connectivity index (χ4n) is 7.21. The highest BCUT2D eigenvalue weighted by atomic mass is 19.1. The molecule has 10 aromatic rings. The van der Waals surface area contributed by atoms with E-state index in [4.69, 9.17) is 15.0 Å². The molecule has 0 amide bonds. The van der Waals surface area contributed by atoms with E-state index in [0.717, 1.165) is 83.3 Å². The molecule has 0 N–H and O–H groups in total. The van der Waals surface area contributed by atoms with E-state index in [1.165, 1.54) is 12.1 Å². The third kappa shape index (κ3) is 3.66. The summed E-state index contributed by atoms with van der Waals surface area (Å²) in [4.78, 5) is 14.3. The zero-order valence-electron chi connectivity index (χ0n) is 24.6. The van der Waals surface area contributed by atoms with Crippen molar-refractivity contribution in [3.05, 3.63) is 145 Å². The Balaban J connectivity index is 1.23. The maximum Gasteiger partial charge on any atom is 0.128 e. The number of aromatic nitrogens is 6. The standard InChI is InChI=1S/C39H22F2N6/c40-23-18-24(41)20-27(19-23)47-33-14-12-26(22-30(33)39-36(47)10-5-17-44-39)46-32-13-11-25(21-29(32)38-35(46)9-4-16-43-38)45-31-7-2-1-6-28(31)37-34(45)8-3-15-42-37/h1-22H. The summed E-state index contributed by atoms with van der Waals surface area (Å²) in [5.41, 5.74) is 10.6. The highest BCUT2D eigenvalue weighted by molar-refractivity contribution is 6.11. The number of benzene rings is 4. The highest BCUT2D eigenvalue weighted by Crippen LogP contribution is 2.38. The van der Waals surface area contributed by atoms with Gasteiger partial charge in [-0.15, -0.1) is 0 Å². The number of fused-ring (bicyclic) bond motifs is 9. The van der Waals surface area contributed by atoms with Crippen molar-refractivity contribution in [3.8, 4) is 17.1 Å². The number of hydrogen-bond acceptors (Lipinski definition) is 3. The zero-order valence-corrected chi connectivity index (χ0v) is 24.6. The molecule has 222 valence electrons. The molecule has 47 heavy (non-hydrogen) atoms. The second-order valence-electron chi connectivity index (χ2n) is 11.7. The maximum absolute atomic E-state index is 14.4. The normalized spacial score (nSPS) is 12.0. The van der Waals surface area contributed by atoms with E-state index < -0.39 is 11.6 Å². The third-order valence-corrected chi connectivity index (χ3v) is 9.06. The number of para-hydroxylation sites is 1. The second kappa shape index (κ2) is 9.55. The van der Waals surface area contributed by atoms with Crippen molar-refractivity contribution in [2.45, 2.75) is 0 Å². The Morgan fingerprint density at radius 2 is 0.787 bits per heavy atom. The van der Waals surface area contributed by atoms with Crippen molar-refractivity contribution in [3.63, 3.8) is 0 Å². The van der Waals surface area contributed by atoms with Gasteiger partial charge in [0.15, 0.2) is 0 Å². The molecule has 6 nitrogen and oxygen atoms in total. The zero-order chi connectivity index (χ0) is 31.2. The first-order valence-electron chi connectivity index (χ1n) is 15.2. The van der Waals surface area contributed by atoms with Crippen LogP contribution in [0.3, 0.4) is 0 Å².